The van der Waals surface area contributed by atoms with Gasteiger partial charge in [0.05, 0.1) is 5.52 Å². The van der Waals surface area contributed by atoms with Gasteiger partial charge in [-0.2, -0.15) is 0 Å². The van der Waals surface area contributed by atoms with Gasteiger partial charge in [-0.25, -0.2) is 0 Å². The number of carbonyl (C=O) groups excluding carboxylic acids is 1. The van der Waals surface area contributed by atoms with Crippen LogP contribution in [0.2, 0.25) is 0 Å². The minimum absolute atomic E-state index is 0.322. The Bertz CT molecular complexity index is 806. The molecule has 1 aromatic heterocycles. The van der Waals surface area contributed by atoms with E-state index in [1.54, 1.807) is 6.20 Å². The van der Waals surface area contributed by atoms with E-state index in [9.17, 15) is 4.79 Å². The number of aryl methyl sites for hydroxylation is 1. The molecule has 3 aromatic rings. The van der Waals surface area contributed by atoms with Gasteiger partial charge in [0.15, 0.2) is 5.75 Å². The number of nitrogens with zero attached hydrogens (tertiary/aromatic N) is 1. The minimum Gasteiger partial charge on any atom is -0.489 e. The lowest BCUT2D eigenvalue weighted by Gasteiger charge is -2.07. The van der Waals surface area contributed by atoms with E-state index in [4.69, 9.17) is 9.47 Å². The summed E-state index contributed by atoms with van der Waals surface area (Å²) in [5.74, 6) is 1.03. The summed E-state index contributed by atoms with van der Waals surface area (Å²) in [6.45, 7) is 1.92. The normalized spacial score (nSPS) is 10.6. The molecule has 0 spiro atoms. The molecule has 0 atom stereocenters. The molecule has 2 aromatic carbocycles. The first-order chi connectivity index (χ1) is 10.6. The maximum atomic E-state index is 11.1. The van der Waals surface area contributed by atoms with Gasteiger partial charge in [0.25, 0.3) is 0 Å². The van der Waals surface area contributed by atoms with Crippen molar-refractivity contribution in [1.82, 2.24) is 4.57 Å². The van der Waals surface area contributed by atoms with Crippen LogP contribution in [0.15, 0.2) is 54.7 Å². The molecule has 22 heavy (non-hydrogen) atoms. The van der Waals surface area contributed by atoms with Crippen molar-refractivity contribution in [3.63, 3.8) is 0 Å². The van der Waals surface area contributed by atoms with Gasteiger partial charge < -0.3 is 14.0 Å². The zero-order valence-corrected chi connectivity index (χ0v) is 12.6. The highest BCUT2D eigenvalue weighted by atomic mass is 16.5. The summed E-state index contributed by atoms with van der Waals surface area (Å²) < 4.78 is 13.0. The first-order valence-corrected chi connectivity index (χ1v) is 7.08. The van der Waals surface area contributed by atoms with Gasteiger partial charge in [0, 0.05) is 31.6 Å². The third-order valence-electron chi connectivity index (χ3n) is 3.43. The molecule has 0 fully saturated rings. The van der Waals surface area contributed by atoms with Gasteiger partial charge in [-0.1, -0.05) is 30.3 Å². The summed E-state index contributed by atoms with van der Waals surface area (Å²) >= 11 is 0. The summed E-state index contributed by atoms with van der Waals surface area (Å²) in [4.78, 5) is 11.1. The van der Waals surface area contributed by atoms with E-state index in [0.29, 0.717) is 12.4 Å². The van der Waals surface area contributed by atoms with E-state index in [2.05, 4.69) is 0 Å². The van der Waals surface area contributed by atoms with Crippen LogP contribution >= 0.6 is 0 Å². The zero-order chi connectivity index (χ0) is 15.5. The lowest BCUT2D eigenvalue weighted by Crippen LogP contribution is -2.00. The predicted octanol–water partition coefficient (Wildman–Crippen LogP) is 3.68. The molecule has 4 heteroatoms. The summed E-state index contributed by atoms with van der Waals surface area (Å²) in [6.07, 6.45) is 1.80. The molecule has 0 radical (unpaired) electrons. The molecule has 0 N–H and O–H groups in total. The summed E-state index contributed by atoms with van der Waals surface area (Å²) in [7, 11) is 1.91. The molecule has 0 amide bonds. The van der Waals surface area contributed by atoms with Crippen LogP contribution in [0.25, 0.3) is 10.9 Å². The second-order valence-electron chi connectivity index (χ2n) is 5.15. The van der Waals surface area contributed by atoms with Crippen LogP contribution in [-0.4, -0.2) is 10.5 Å². The minimum atomic E-state index is -0.322. The second-order valence-corrected chi connectivity index (χ2v) is 5.15. The van der Waals surface area contributed by atoms with Crippen molar-refractivity contribution in [2.45, 2.75) is 13.5 Å². The fourth-order valence-corrected chi connectivity index (χ4v) is 2.39. The van der Waals surface area contributed by atoms with Gasteiger partial charge in [-0.3, -0.25) is 4.79 Å². The standard InChI is InChI=1S/C18H17NO3/c1-13(20)22-18-11-19(2)17-10-15(8-9-16(17)18)21-12-14-6-4-3-5-7-14/h3-11H,12H2,1-2H3. The lowest BCUT2D eigenvalue weighted by molar-refractivity contribution is -0.131. The highest BCUT2D eigenvalue weighted by molar-refractivity contribution is 5.90. The highest BCUT2D eigenvalue weighted by Crippen LogP contribution is 2.30. The van der Waals surface area contributed by atoms with Crippen LogP contribution in [0.4, 0.5) is 0 Å². The van der Waals surface area contributed by atoms with Crippen LogP contribution in [0, 0.1) is 0 Å². The van der Waals surface area contributed by atoms with Crippen molar-refractivity contribution in [2.75, 3.05) is 0 Å². The van der Waals surface area contributed by atoms with E-state index < -0.39 is 0 Å². The smallest absolute Gasteiger partial charge is 0.308 e. The maximum absolute atomic E-state index is 11.1. The third-order valence-corrected chi connectivity index (χ3v) is 3.43. The van der Waals surface area contributed by atoms with Crippen molar-refractivity contribution < 1.29 is 14.3 Å². The van der Waals surface area contributed by atoms with Gasteiger partial charge in [-0.05, 0) is 17.7 Å². The van der Waals surface area contributed by atoms with E-state index in [-0.39, 0.29) is 5.97 Å². The zero-order valence-electron chi connectivity index (χ0n) is 12.6. The summed E-state index contributed by atoms with van der Waals surface area (Å²) in [6, 6.07) is 15.8. The van der Waals surface area contributed by atoms with Gasteiger partial charge in [0.1, 0.15) is 12.4 Å². The number of fused-ring (bicyclic) bond motifs is 1. The van der Waals surface area contributed by atoms with Gasteiger partial charge in [-0.15, -0.1) is 0 Å². The Kier molecular flexibility index (Phi) is 3.83. The number of hydrogen-bond acceptors (Lipinski definition) is 3. The van der Waals surface area contributed by atoms with Crippen LogP contribution in [0.5, 0.6) is 11.5 Å². The average Bonchev–Trinajstić information content (AvgIpc) is 2.81. The molecular formula is C18H17NO3. The number of benzene rings is 2. The fourth-order valence-electron chi connectivity index (χ4n) is 2.39. The molecule has 0 aliphatic heterocycles. The van der Waals surface area contributed by atoms with E-state index >= 15 is 0 Å². The van der Waals surface area contributed by atoms with Crippen molar-refractivity contribution in [2.24, 2.45) is 7.05 Å². The molecule has 0 bridgehead atoms. The number of aromatic nitrogens is 1. The monoisotopic (exact) mass is 295 g/mol. The molecular weight excluding hydrogens is 278 g/mol. The molecule has 0 saturated heterocycles. The number of hydrogen-bond donors (Lipinski definition) is 0. The number of carbonyl (C=O) groups is 1. The lowest BCUT2D eigenvalue weighted by atomic mass is 10.2. The number of esters is 1. The molecule has 0 unspecified atom stereocenters. The van der Waals surface area contributed by atoms with Gasteiger partial charge in [0.2, 0.25) is 0 Å². The first kappa shape index (κ1) is 14.2. The average molecular weight is 295 g/mol. The van der Waals surface area contributed by atoms with Crippen LogP contribution in [0.1, 0.15) is 12.5 Å². The van der Waals surface area contributed by atoms with E-state index in [1.807, 2.05) is 60.1 Å². The van der Waals surface area contributed by atoms with Gasteiger partial charge >= 0.3 is 5.97 Å². The Balaban J connectivity index is 1.84. The summed E-state index contributed by atoms with van der Waals surface area (Å²) in [5, 5.41) is 0.893. The molecule has 0 aliphatic carbocycles. The second kappa shape index (κ2) is 5.93. The summed E-state index contributed by atoms with van der Waals surface area (Å²) in [5.41, 5.74) is 2.08. The quantitative estimate of drug-likeness (QED) is 0.689. The van der Waals surface area contributed by atoms with Crippen LogP contribution in [0.3, 0.4) is 0 Å². The van der Waals surface area contributed by atoms with Crippen molar-refractivity contribution in [3.05, 3.63) is 60.3 Å². The van der Waals surface area contributed by atoms with E-state index in [1.165, 1.54) is 6.92 Å². The SMILES string of the molecule is CC(=O)Oc1cn(C)c2cc(OCc3ccccc3)ccc12. The van der Waals surface area contributed by atoms with Crippen LogP contribution < -0.4 is 9.47 Å². The highest BCUT2D eigenvalue weighted by Gasteiger charge is 2.10. The topological polar surface area (TPSA) is 40.5 Å². The molecule has 0 saturated carbocycles. The molecule has 3 rings (SSSR count). The maximum Gasteiger partial charge on any atom is 0.308 e. The fraction of sp³-hybridized carbons (Fsp3) is 0.167. The molecule has 112 valence electrons. The Labute approximate surface area is 128 Å². The van der Waals surface area contributed by atoms with E-state index in [0.717, 1.165) is 22.2 Å². The largest absolute Gasteiger partial charge is 0.489 e. The van der Waals surface area contributed by atoms with Crippen molar-refractivity contribution >= 4 is 16.9 Å². The van der Waals surface area contributed by atoms with Crippen LogP contribution in [-0.2, 0) is 18.4 Å². The molecule has 1 heterocycles. The predicted molar refractivity (Wildman–Crippen MR) is 85.0 cm³/mol. The molecule has 4 nitrogen and oxygen atoms in total. The van der Waals surface area contributed by atoms with Crippen molar-refractivity contribution in [1.29, 1.82) is 0 Å². The van der Waals surface area contributed by atoms with Crippen molar-refractivity contribution in [3.8, 4) is 11.5 Å². The third kappa shape index (κ3) is 2.96. The number of rotatable bonds is 4. The number of ether oxygens (including phenoxy) is 2. The Hall–Kier alpha value is -2.75. The molecule has 0 aliphatic rings. The Morgan fingerprint density at radius 3 is 2.64 bits per heavy atom. The first-order valence-electron chi connectivity index (χ1n) is 7.08. The Morgan fingerprint density at radius 2 is 1.91 bits per heavy atom. The Morgan fingerprint density at radius 1 is 1.14 bits per heavy atom.